The molecule has 0 fully saturated rings. The number of rotatable bonds is 6. The molecule has 0 radical (unpaired) electrons. The first-order valence-electron chi connectivity index (χ1n) is 8.71. The lowest BCUT2D eigenvalue weighted by molar-refractivity contribution is -0.149. The molecule has 4 N–H and O–H groups in total. The van der Waals surface area contributed by atoms with Crippen molar-refractivity contribution in [3.63, 3.8) is 0 Å². The molecule has 0 saturated carbocycles. The monoisotopic (exact) mass is 388 g/mol. The Morgan fingerprint density at radius 1 is 1.21 bits per heavy atom. The fourth-order valence-electron chi connectivity index (χ4n) is 2.42. The Labute approximate surface area is 162 Å². The fourth-order valence-corrected chi connectivity index (χ4v) is 2.42. The molecule has 0 bridgehead atoms. The lowest BCUT2D eigenvalue weighted by Crippen LogP contribution is -2.48. The van der Waals surface area contributed by atoms with Crippen LogP contribution in [0.5, 0.6) is 0 Å². The zero-order chi connectivity index (χ0) is 20.8. The number of carbonyl (C=O) groups excluding carboxylic acids is 2. The number of dihydropyridines is 1. The third-order valence-corrected chi connectivity index (χ3v) is 3.71. The van der Waals surface area contributed by atoms with E-state index in [1.54, 1.807) is 45.2 Å². The van der Waals surface area contributed by atoms with E-state index in [2.05, 4.69) is 20.9 Å². The molecule has 0 saturated heterocycles. The van der Waals surface area contributed by atoms with Gasteiger partial charge in [-0.3, -0.25) is 14.6 Å². The van der Waals surface area contributed by atoms with E-state index in [0.29, 0.717) is 11.4 Å². The van der Waals surface area contributed by atoms with Crippen LogP contribution in [0.1, 0.15) is 26.5 Å². The van der Waals surface area contributed by atoms with Gasteiger partial charge in [0.2, 0.25) is 5.91 Å². The lowest BCUT2D eigenvalue weighted by Gasteiger charge is -2.26. The van der Waals surface area contributed by atoms with Crippen molar-refractivity contribution in [3.05, 3.63) is 48.4 Å². The van der Waals surface area contributed by atoms with Crippen LogP contribution < -0.4 is 16.0 Å². The molecule has 1 aromatic rings. The maximum Gasteiger partial charge on any atom is 0.407 e. The Morgan fingerprint density at radius 2 is 1.93 bits per heavy atom. The molecule has 2 heterocycles. The van der Waals surface area contributed by atoms with Crippen molar-refractivity contribution in [1.82, 2.24) is 20.9 Å². The summed E-state index contributed by atoms with van der Waals surface area (Å²) in [5.41, 5.74) is -1.60. The minimum absolute atomic E-state index is 0.0428. The standard InChI is InChI=1S/C19H24N4O5/c1-18(2,3)28-17(27)23-11-10-22-15(24)19(16(25)26)7-9-21-14(12-19)13-6-4-5-8-20-13/h4-9,12,21H,10-11H2,1-3H3,(H,22,24)(H,23,27)(H,25,26). The number of carboxylic acids is 1. The predicted molar refractivity (Wildman–Crippen MR) is 102 cm³/mol. The summed E-state index contributed by atoms with van der Waals surface area (Å²) in [6, 6.07) is 5.19. The van der Waals surface area contributed by atoms with Crippen molar-refractivity contribution in [1.29, 1.82) is 0 Å². The molecule has 0 spiro atoms. The number of nitrogens with one attached hydrogen (secondary N) is 3. The SMILES string of the molecule is CC(C)(C)OC(=O)NCCNC(=O)C1(C(=O)O)C=CNC(c2ccccn2)=C1. The van der Waals surface area contributed by atoms with Gasteiger partial charge in [0.15, 0.2) is 5.41 Å². The van der Waals surface area contributed by atoms with Crippen LogP contribution >= 0.6 is 0 Å². The summed E-state index contributed by atoms with van der Waals surface area (Å²) in [6.45, 7) is 5.34. The number of pyridine rings is 1. The summed E-state index contributed by atoms with van der Waals surface area (Å²) >= 11 is 0. The summed E-state index contributed by atoms with van der Waals surface area (Å²) < 4.78 is 5.09. The smallest absolute Gasteiger partial charge is 0.407 e. The Balaban J connectivity index is 2.03. The van der Waals surface area contributed by atoms with Crippen LogP contribution in [-0.4, -0.2) is 46.8 Å². The van der Waals surface area contributed by atoms with E-state index in [9.17, 15) is 19.5 Å². The average Bonchev–Trinajstić information content (AvgIpc) is 2.64. The van der Waals surface area contributed by atoms with Crippen LogP contribution in [0.25, 0.3) is 5.70 Å². The van der Waals surface area contributed by atoms with Gasteiger partial charge in [0, 0.05) is 19.3 Å². The second kappa shape index (κ2) is 8.55. The molecule has 150 valence electrons. The maximum atomic E-state index is 12.6. The first-order chi connectivity index (χ1) is 13.1. The molecular weight excluding hydrogens is 364 g/mol. The molecule has 2 rings (SSSR count). The van der Waals surface area contributed by atoms with E-state index in [4.69, 9.17) is 4.74 Å². The molecule has 0 aromatic carbocycles. The number of nitrogens with zero attached hydrogens (tertiary/aromatic N) is 1. The first-order valence-corrected chi connectivity index (χ1v) is 8.71. The molecular formula is C19H24N4O5. The van der Waals surface area contributed by atoms with Gasteiger partial charge in [0.1, 0.15) is 5.60 Å². The lowest BCUT2D eigenvalue weighted by atomic mass is 9.83. The number of aromatic nitrogens is 1. The van der Waals surface area contributed by atoms with E-state index >= 15 is 0 Å². The summed E-state index contributed by atoms with van der Waals surface area (Å²) in [5.74, 6) is -2.05. The minimum atomic E-state index is -1.88. The van der Waals surface area contributed by atoms with Crippen molar-refractivity contribution >= 4 is 23.7 Å². The highest BCUT2D eigenvalue weighted by Crippen LogP contribution is 2.29. The molecule has 1 aliphatic heterocycles. The second-order valence-corrected chi connectivity index (χ2v) is 7.11. The maximum absolute atomic E-state index is 12.6. The van der Waals surface area contributed by atoms with E-state index in [1.807, 2.05) is 0 Å². The van der Waals surface area contributed by atoms with E-state index in [0.717, 1.165) is 0 Å². The quantitative estimate of drug-likeness (QED) is 0.426. The third-order valence-electron chi connectivity index (χ3n) is 3.71. The number of ether oxygens (including phenoxy) is 1. The molecule has 1 atom stereocenters. The van der Waals surface area contributed by atoms with Gasteiger partial charge in [0.05, 0.1) is 11.4 Å². The molecule has 1 unspecified atom stereocenters. The molecule has 1 aromatic heterocycles. The Morgan fingerprint density at radius 3 is 2.54 bits per heavy atom. The van der Waals surface area contributed by atoms with Crippen molar-refractivity contribution in [2.45, 2.75) is 26.4 Å². The van der Waals surface area contributed by atoms with Gasteiger partial charge < -0.3 is 25.8 Å². The van der Waals surface area contributed by atoms with Gasteiger partial charge in [-0.2, -0.15) is 0 Å². The zero-order valence-electron chi connectivity index (χ0n) is 16.0. The highest BCUT2D eigenvalue weighted by atomic mass is 16.6. The minimum Gasteiger partial charge on any atom is -0.480 e. The number of hydrogen-bond acceptors (Lipinski definition) is 6. The molecule has 28 heavy (non-hydrogen) atoms. The Hall–Kier alpha value is -3.36. The van der Waals surface area contributed by atoms with Gasteiger partial charge >= 0.3 is 12.1 Å². The number of carboxylic acid groups (broad SMARTS) is 1. The van der Waals surface area contributed by atoms with Crippen LogP contribution in [0.3, 0.4) is 0 Å². The van der Waals surface area contributed by atoms with Crippen molar-refractivity contribution < 1.29 is 24.2 Å². The van der Waals surface area contributed by atoms with E-state index in [1.165, 1.54) is 18.4 Å². The molecule has 9 nitrogen and oxygen atoms in total. The highest BCUT2D eigenvalue weighted by molar-refractivity contribution is 6.07. The normalized spacial score (nSPS) is 18.5. The van der Waals surface area contributed by atoms with Crippen LogP contribution in [0.2, 0.25) is 0 Å². The van der Waals surface area contributed by atoms with Gasteiger partial charge in [0.25, 0.3) is 0 Å². The van der Waals surface area contributed by atoms with Crippen molar-refractivity contribution in [2.24, 2.45) is 5.41 Å². The Bertz CT molecular complexity index is 798. The summed E-state index contributed by atoms with van der Waals surface area (Å²) in [5, 5.41) is 17.6. The first kappa shape index (κ1) is 20.9. The van der Waals surface area contributed by atoms with E-state index in [-0.39, 0.29) is 13.1 Å². The van der Waals surface area contributed by atoms with Crippen LogP contribution in [0, 0.1) is 5.41 Å². The van der Waals surface area contributed by atoms with Crippen molar-refractivity contribution in [3.8, 4) is 0 Å². The van der Waals surface area contributed by atoms with Gasteiger partial charge in [-0.1, -0.05) is 6.07 Å². The molecule has 0 aliphatic carbocycles. The largest absolute Gasteiger partial charge is 0.480 e. The Kier molecular flexibility index (Phi) is 6.40. The molecule has 2 amide bonds. The zero-order valence-corrected chi connectivity index (χ0v) is 16.0. The molecule has 9 heteroatoms. The van der Waals surface area contributed by atoms with Crippen molar-refractivity contribution in [2.75, 3.05) is 13.1 Å². The fraction of sp³-hybridized carbons (Fsp3) is 0.368. The van der Waals surface area contributed by atoms with Crippen LogP contribution in [-0.2, 0) is 14.3 Å². The topological polar surface area (TPSA) is 130 Å². The third kappa shape index (κ3) is 5.32. The number of aliphatic carboxylic acids is 1. The number of carbonyl (C=O) groups is 3. The van der Waals surface area contributed by atoms with Crippen LogP contribution in [0.15, 0.2) is 42.7 Å². The molecule has 1 aliphatic rings. The van der Waals surface area contributed by atoms with Gasteiger partial charge in [-0.15, -0.1) is 0 Å². The van der Waals surface area contributed by atoms with E-state index < -0.39 is 29.0 Å². The number of alkyl carbamates (subject to hydrolysis) is 1. The number of amides is 2. The second-order valence-electron chi connectivity index (χ2n) is 7.11. The van der Waals surface area contributed by atoms with Gasteiger partial charge in [-0.25, -0.2) is 4.79 Å². The highest BCUT2D eigenvalue weighted by Gasteiger charge is 2.44. The van der Waals surface area contributed by atoms with Gasteiger partial charge in [-0.05, 0) is 51.3 Å². The van der Waals surface area contributed by atoms with Crippen LogP contribution in [0.4, 0.5) is 4.79 Å². The summed E-state index contributed by atoms with van der Waals surface area (Å²) in [4.78, 5) is 40.3. The average molecular weight is 388 g/mol. The predicted octanol–water partition coefficient (Wildman–Crippen LogP) is 1.25. The number of hydrogen-bond donors (Lipinski definition) is 4. The summed E-state index contributed by atoms with van der Waals surface area (Å²) in [7, 11) is 0. The summed E-state index contributed by atoms with van der Waals surface area (Å²) in [6.07, 6.45) is 4.93.